The van der Waals surface area contributed by atoms with Crippen molar-refractivity contribution in [1.29, 1.82) is 0 Å². The predicted molar refractivity (Wildman–Crippen MR) is 204 cm³/mol. The fourth-order valence-corrected chi connectivity index (χ4v) is 13.8. The Morgan fingerprint density at radius 3 is 2.03 bits per heavy atom. The highest BCUT2D eigenvalue weighted by Crippen LogP contribution is 2.76. The third kappa shape index (κ3) is 6.56. The molecule has 2 saturated heterocycles. The lowest BCUT2D eigenvalue weighted by Crippen LogP contribution is -2.66. The number of methoxy groups -OCH3 is 1. The van der Waals surface area contributed by atoms with Gasteiger partial charge >= 0.3 is 17.9 Å². The maximum absolute atomic E-state index is 14.7. The van der Waals surface area contributed by atoms with Crippen LogP contribution in [0.3, 0.4) is 0 Å². The number of carbonyl (C=O) groups is 3. The van der Waals surface area contributed by atoms with Crippen molar-refractivity contribution in [3.8, 4) is 0 Å². The second kappa shape index (κ2) is 15.2. The van der Waals surface area contributed by atoms with Crippen LogP contribution in [0.25, 0.3) is 0 Å². The lowest BCUT2D eigenvalue weighted by molar-refractivity contribution is -0.324. The third-order valence-electron chi connectivity index (χ3n) is 17.6. The molecule has 0 aromatic rings. The number of carboxylic acid groups (broad SMARTS) is 1. The third-order valence-corrected chi connectivity index (χ3v) is 17.6. The number of aliphatic carboxylic acids is 1. The van der Waals surface area contributed by atoms with Gasteiger partial charge in [-0.05, 0) is 111 Å². The molecule has 0 unspecified atom stereocenters. The molecule has 6 fully saturated rings. The molecule has 334 valence electrons. The Morgan fingerprint density at radius 2 is 1.39 bits per heavy atom. The predicted octanol–water partition coefficient (Wildman–Crippen LogP) is 1.56. The van der Waals surface area contributed by atoms with E-state index >= 15 is 0 Å². The monoisotopic (exact) mass is 838 g/mol. The quantitative estimate of drug-likeness (QED) is 0.103. The molecule has 0 spiro atoms. The van der Waals surface area contributed by atoms with Crippen molar-refractivity contribution in [2.24, 2.45) is 50.2 Å². The second-order valence-electron chi connectivity index (χ2n) is 20.6. The average molecular weight is 839 g/mol. The van der Waals surface area contributed by atoms with Crippen LogP contribution in [0.5, 0.6) is 0 Å². The van der Waals surface area contributed by atoms with Gasteiger partial charge in [-0.2, -0.15) is 0 Å². The molecule has 59 heavy (non-hydrogen) atoms. The summed E-state index contributed by atoms with van der Waals surface area (Å²) in [4.78, 5) is 39.9. The van der Waals surface area contributed by atoms with Crippen LogP contribution in [0.2, 0.25) is 0 Å². The largest absolute Gasteiger partial charge is 0.479 e. The number of hydrogen-bond acceptors (Lipinski definition) is 15. The fourth-order valence-electron chi connectivity index (χ4n) is 13.8. The Kier molecular flexibility index (Phi) is 11.6. The first-order chi connectivity index (χ1) is 27.5. The normalized spacial score (nSPS) is 51.7. The summed E-state index contributed by atoms with van der Waals surface area (Å²) in [6, 6.07) is 0. The van der Waals surface area contributed by atoms with E-state index in [1.165, 1.54) is 7.11 Å². The highest BCUT2D eigenvalue weighted by atomic mass is 16.7. The van der Waals surface area contributed by atoms with Crippen LogP contribution in [0, 0.1) is 50.2 Å². The number of aliphatic hydroxyl groups is 7. The van der Waals surface area contributed by atoms with Crippen molar-refractivity contribution in [1.82, 2.24) is 0 Å². The van der Waals surface area contributed by atoms with E-state index in [-0.39, 0.29) is 28.6 Å². The van der Waals surface area contributed by atoms with Crippen LogP contribution in [-0.2, 0) is 38.1 Å². The summed E-state index contributed by atoms with van der Waals surface area (Å²) in [5.41, 5.74) is -2.15. The topological polar surface area (TPSA) is 259 Å². The van der Waals surface area contributed by atoms with Gasteiger partial charge in [0.25, 0.3) is 0 Å². The summed E-state index contributed by atoms with van der Waals surface area (Å²) >= 11 is 0. The van der Waals surface area contributed by atoms with E-state index in [4.69, 9.17) is 23.7 Å². The summed E-state index contributed by atoms with van der Waals surface area (Å²) in [6.07, 6.45) is -8.69. The summed E-state index contributed by atoms with van der Waals surface area (Å²) < 4.78 is 28.8. The van der Waals surface area contributed by atoms with Gasteiger partial charge in [-0.25, -0.2) is 4.79 Å². The number of hydrogen-bond donors (Lipinski definition) is 8. The van der Waals surface area contributed by atoms with Crippen molar-refractivity contribution in [3.63, 3.8) is 0 Å². The first-order valence-corrected chi connectivity index (χ1v) is 21.4. The Morgan fingerprint density at radius 1 is 0.746 bits per heavy atom. The highest BCUT2D eigenvalue weighted by molar-refractivity contribution is 5.81. The van der Waals surface area contributed by atoms with Gasteiger partial charge in [0.15, 0.2) is 12.4 Å². The van der Waals surface area contributed by atoms with E-state index < -0.39 is 114 Å². The summed E-state index contributed by atoms with van der Waals surface area (Å²) in [5.74, 6) is -2.52. The van der Waals surface area contributed by atoms with Crippen molar-refractivity contribution >= 4 is 17.9 Å². The molecule has 2 aliphatic heterocycles. The van der Waals surface area contributed by atoms with E-state index in [1.54, 1.807) is 0 Å². The molecule has 4 saturated carbocycles. The summed E-state index contributed by atoms with van der Waals surface area (Å²) in [5, 5.41) is 82.6. The minimum atomic E-state index is -1.81. The van der Waals surface area contributed by atoms with E-state index in [0.29, 0.717) is 44.9 Å². The molecule has 7 rings (SSSR count). The molecule has 0 aromatic carbocycles. The number of carbonyl (C=O) groups excluding carboxylic acids is 2. The molecule has 16 nitrogen and oxygen atoms in total. The standard InChI is InChI=1S/C43H66O16/c1-38(2)23-10-13-42(6)24(40(23,4)12-11-25(38)57-35-31(50)28(47)29(48)32(58-35)33(51)52)9-8-20-21-18-39(3,36(53)55-7)14-16-43(21,17-15-41(20,42)5)37(54)59-34-30(49)27(46)26(45)22(19-44)56-34/h8,21-32,34-35,44-50H,9-19H2,1-7H3,(H,51,52)/t21-,22-,23-,24+,25-,26-,27+,28-,29-,30-,31+,32-,34-,35+,39-,40-,41+,42+,43-/m0/s1. The molecule has 0 amide bonds. The van der Waals surface area contributed by atoms with Crippen molar-refractivity contribution in [2.45, 2.75) is 173 Å². The van der Waals surface area contributed by atoms with E-state index in [9.17, 15) is 55.2 Å². The number of rotatable bonds is 7. The number of ether oxygens (including phenoxy) is 5. The van der Waals surface area contributed by atoms with Crippen molar-refractivity contribution in [2.75, 3.05) is 13.7 Å². The van der Waals surface area contributed by atoms with Crippen LogP contribution in [0.1, 0.15) is 106 Å². The number of aliphatic hydroxyl groups excluding tert-OH is 7. The smallest absolute Gasteiger partial charge is 0.335 e. The van der Waals surface area contributed by atoms with Crippen LogP contribution in [0.15, 0.2) is 11.6 Å². The average Bonchev–Trinajstić information content (AvgIpc) is 3.18. The molecule has 19 atom stereocenters. The van der Waals surface area contributed by atoms with Crippen molar-refractivity contribution < 1.29 is 78.9 Å². The van der Waals surface area contributed by atoms with Gasteiger partial charge in [0, 0.05) is 0 Å². The van der Waals surface area contributed by atoms with Crippen LogP contribution in [-0.4, -0.2) is 140 Å². The fraction of sp³-hybridized carbons (Fsp3) is 0.884. The number of esters is 2. The summed E-state index contributed by atoms with van der Waals surface area (Å²) in [6.45, 7) is 12.5. The minimum absolute atomic E-state index is 0.144. The van der Waals surface area contributed by atoms with Crippen molar-refractivity contribution in [3.05, 3.63) is 11.6 Å². The lowest BCUT2D eigenvalue weighted by Gasteiger charge is -2.71. The Hall–Kier alpha value is -2.25. The van der Waals surface area contributed by atoms with E-state index in [2.05, 4.69) is 40.7 Å². The first kappa shape index (κ1) is 44.8. The number of carboxylic acids is 1. The van der Waals surface area contributed by atoms with Crippen LogP contribution in [0.4, 0.5) is 0 Å². The maximum Gasteiger partial charge on any atom is 0.335 e. The van der Waals surface area contributed by atoms with E-state index in [1.807, 2.05) is 6.92 Å². The van der Waals surface area contributed by atoms with Gasteiger partial charge in [-0.15, -0.1) is 0 Å². The van der Waals surface area contributed by atoms with Gasteiger partial charge in [0.1, 0.15) is 42.7 Å². The molecule has 0 radical (unpaired) electrons. The Labute approximate surface area is 345 Å². The molecule has 7 aliphatic rings. The van der Waals surface area contributed by atoms with Gasteiger partial charge in [-0.1, -0.05) is 46.3 Å². The minimum Gasteiger partial charge on any atom is -0.479 e. The van der Waals surface area contributed by atoms with E-state index in [0.717, 1.165) is 24.8 Å². The molecule has 2 heterocycles. The molecule has 8 N–H and O–H groups in total. The Balaban J connectivity index is 1.19. The van der Waals surface area contributed by atoms with Gasteiger partial charge < -0.3 is 64.5 Å². The molecular formula is C43H66O16. The zero-order valence-corrected chi connectivity index (χ0v) is 35.3. The van der Waals surface area contributed by atoms with Crippen LogP contribution < -0.4 is 0 Å². The van der Waals surface area contributed by atoms with Crippen LogP contribution >= 0.6 is 0 Å². The van der Waals surface area contributed by atoms with Gasteiger partial charge in [0.2, 0.25) is 6.29 Å². The SMILES string of the molecule is COC(=O)[C@@]1(C)CC[C@]2(C(=O)O[C@@H]3O[C@@H](CO)[C@H](O)[C@@H](O)[C@@H]3O)CC[C@]3(C)C(=CC[C@@H]4[C@@]5(C)CC[C@H](O[C@@H]6O[C@H](C(=O)O)[C@@H](O)[C@H](O)[C@H]6O)C(C)(C)[C@@H]5CC[C@]43C)[C@@H]2C1. The number of fused-ring (bicyclic) bond motifs is 7. The molecule has 5 aliphatic carbocycles. The highest BCUT2D eigenvalue weighted by Gasteiger charge is 2.70. The zero-order chi connectivity index (χ0) is 43.4. The first-order valence-electron chi connectivity index (χ1n) is 21.4. The maximum atomic E-state index is 14.7. The summed E-state index contributed by atoms with van der Waals surface area (Å²) in [7, 11) is 1.37. The molecular weight excluding hydrogens is 772 g/mol. The zero-order valence-electron chi connectivity index (χ0n) is 35.3. The Bertz CT molecular complexity index is 1680. The van der Waals surface area contributed by atoms with Gasteiger partial charge in [0.05, 0.1) is 30.7 Å². The van der Waals surface area contributed by atoms with Gasteiger partial charge in [-0.3, -0.25) is 9.59 Å². The lowest BCUT2D eigenvalue weighted by atomic mass is 9.33. The second-order valence-corrected chi connectivity index (χ2v) is 20.6. The number of allylic oxidation sites excluding steroid dienone is 2. The molecule has 0 bridgehead atoms. The molecule has 0 aromatic heterocycles. The molecule has 16 heteroatoms.